The number of carbonyl (C=O) groups is 1. The van der Waals surface area contributed by atoms with Gasteiger partial charge in [0.25, 0.3) is 5.91 Å². The smallest absolute Gasteiger partial charge is 0.387 e. The number of benzene rings is 1. The normalized spacial score (nSPS) is 12.1. The van der Waals surface area contributed by atoms with Gasteiger partial charge in [-0.2, -0.15) is 13.9 Å². The standard InChI is InChI=1S/C16H19F2N3O3/c1-9(12-8-21(3)20-10(12)2)19-15(22)11-5-6-13(24-16(17)18)14(7-11)23-4/h5-9,16H,1-4H3,(H,19,22). The van der Waals surface area contributed by atoms with Crippen molar-refractivity contribution in [3.8, 4) is 11.5 Å². The van der Waals surface area contributed by atoms with Gasteiger partial charge in [0.15, 0.2) is 11.5 Å². The SMILES string of the molecule is COc1cc(C(=O)NC(C)c2cn(C)nc2C)ccc1OC(F)F. The van der Waals surface area contributed by atoms with Crippen molar-refractivity contribution in [2.24, 2.45) is 7.05 Å². The van der Waals surface area contributed by atoms with Crippen molar-refractivity contribution in [3.63, 3.8) is 0 Å². The van der Waals surface area contributed by atoms with Crippen molar-refractivity contribution in [1.82, 2.24) is 15.1 Å². The number of nitrogens with zero attached hydrogens (tertiary/aromatic N) is 2. The van der Waals surface area contributed by atoms with Gasteiger partial charge >= 0.3 is 6.61 Å². The molecule has 0 radical (unpaired) electrons. The Balaban J connectivity index is 2.16. The second-order valence-corrected chi connectivity index (χ2v) is 5.28. The topological polar surface area (TPSA) is 65.4 Å². The molecule has 0 aliphatic heterocycles. The van der Waals surface area contributed by atoms with E-state index in [2.05, 4.69) is 15.2 Å². The molecule has 2 rings (SSSR count). The van der Waals surface area contributed by atoms with Gasteiger partial charge in [-0.05, 0) is 32.0 Å². The average Bonchev–Trinajstić information content (AvgIpc) is 2.85. The Morgan fingerprint density at radius 3 is 2.58 bits per heavy atom. The number of hydrogen-bond acceptors (Lipinski definition) is 4. The minimum atomic E-state index is -2.97. The lowest BCUT2D eigenvalue weighted by Crippen LogP contribution is -2.26. The second kappa shape index (κ2) is 7.29. The van der Waals surface area contributed by atoms with Crippen molar-refractivity contribution in [2.75, 3.05) is 7.11 Å². The van der Waals surface area contributed by atoms with Crippen LogP contribution in [0.2, 0.25) is 0 Å². The molecule has 1 atom stereocenters. The van der Waals surface area contributed by atoms with Gasteiger partial charge < -0.3 is 14.8 Å². The summed E-state index contributed by atoms with van der Waals surface area (Å²) < 4.78 is 35.7. The molecule has 8 heteroatoms. The van der Waals surface area contributed by atoms with E-state index in [9.17, 15) is 13.6 Å². The number of nitrogens with one attached hydrogen (secondary N) is 1. The predicted octanol–water partition coefficient (Wildman–Crippen LogP) is 2.83. The van der Waals surface area contributed by atoms with Crippen LogP contribution in [0.25, 0.3) is 0 Å². The first kappa shape index (κ1) is 17.7. The van der Waals surface area contributed by atoms with Gasteiger partial charge in [-0.15, -0.1) is 0 Å². The maximum absolute atomic E-state index is 12.4. The van der Waals surface area contributed by atoms with Crippen LogP contribution in [0.3, 0.4) is 0 Å². The van der Waals surface area contributed by atoms with Gasteiger partial charge in [-0.3, -0.25) is 9.48 Å². The van der Waals surface area contributed by atoms with Gasteiger partial charge in [0.1, 0.15) is 0 Å². The number of hydrogen-bond donors (Lipinski definition) is 1. The molecular weight excluding hydrogens is 320 g/mol. The van der Waals surface area contributed by atoms with Crippen molar-refractivity contribution < 1.29 is 23.0 Å². The lowest BCUT2D eigenvalue weighted by molar-refractivity contribution is -0.0512. The Kier molecular flexibility index (Phi) is 5.38. The number of carbonyl (C=O) groups excluding carboxylic acids is 1. The third-order valence-corrected chi connectivity index (χ3v) is 3.51. The molecule has 1 N–H and O–H groups in total. The zero-order chi connectivity index (χ0) is 17.9. The summed E-state index contributed by atoms with van der Waals surface area (Å²) in [5.74, 6) is -0.416. The highest BCUT2D eigenvalue weighted by Gasteiger charge is 2.18. The fourth-order valence-corrected chi connectivity index (χ4v) is 2.40. The van der Waals surface area contributed by atoms with Gasteiger partial charge in [-0.25, -0.2) is 0 Å². The lowest BCUT2D eigenvalue weighted by atomic mass is 10.1. The number of alkyl halides is 2. The van der Waals surface area contributed by atoms with Crippen LogP contribution in [0.1, 0.15) is 34.6 Å². The summed E-state index contributed by atoms with van der Waals surface area (Å²) >= 11 is 0. The largest absolute Gasteiger partial charge is 0.493 e. The Morgan fingerprint density at radius 1 is 1.33 bits per heavy atom. The number of amides is 1. The van der Waals surface area contributed by atoms with Crippen LogP contribution < -0.4 is 14.8 Å². The minimum Gasteiger partial charge on any atom is -0.493 e. The van der Waals surface area contributed by atoms with E-state index in [1.54, 1.807) is 11.7 Å². The molecule has 24 heavy (non-hydrogen) atoms. The molecule has 0 aliphatic carbocycles. The summed E-state index contributed by atoms with van der Waals surface area (Å²) in [4.78, 5) is 12.4. The molecule has 130 valence electrons. The maximum Gasteiger partial charge on any atom is 0.387 e. The summed E-state index contributed by atoms with van der Waals surface area (Å²) in [6.45, 7) is 0.734. The molecule has 6 nitrogen and oxygen atoms in total. The molecule has 0 spiro atoms. The molecule has 0 saturated carbocycles. The summed E-state index contributed by atoms with van der Waals surface area (Å²) in [5, 5.41) is 7.08. The zero-order valence-electron chi connectivity index (χ0n) is 13.8. The van der Waals surface area contributed by atoms with Crippen LogP contribution in [-0.2, 0) is 7.05 Å². The number of aromatic nitrogens is 2. The molecular formula is C16H19F2N3O3. The fourth-order valence-electron chi connectivity index (χ4n) is 2.40. The van der Waals surface area contributed by atoms with E-state index in [-0.39, 0.29) is 29.0 Å². The molecule has 0 fully saturated rings. The first-order valence-electron chi connectivity index (χ1n) is 7.25. The Hall–Kier alpha value is -2.64. The molecule has 1 aromatic carbocycles. The third-order valence-electron chi connectivity index (χ3n) is 3.51. The molecule has 0 aliphatic rings. The van der Waals surface area contributed by atoms with Crippen LogP contribution >= 0.6 is 0 Å². The first-order valence-corrected chi connectivity index (χ1v) is 7.25. The Labute approximate surface area is 138 Å². The number of halogens is 2. The highest BCUT2D eigenvalue weighted by atomic mass is 19.3. The van der Waals surface area contributed by atoms with E-state index in [1.807, 2.05) is 20.0 Å². The highest BCUT2D eigenvalue weighted by Crippen LogP contribution is 2.29. The molecule has 0 bridgehead atoms. The molecule has 0 saturated heterocycles. The van der Waals surface area contributed by atoms with Crippen molar-refractivity contribution >= 4 is 5.91 Å². The van der Waals surface area contributed by atoms with Crippen LogP contribution in [0.5, 0.6) is 11.5 Å². The molecule has 2 aromatic rings. The van der Waals surface area contributed by atoms with E-state index in [0.29, 0.717) is 0 Å². The van der Waals surface area contributed by atoms with E-state index in [0.717, 1.165) is 11.3 Å². The van der Waals surface area contributed by atoms with Crippen molar-refractivity contribution in [3.05, 3.63) is 41.2 Å². The second-order valence-electron chi connectivity index (χ2n) is 5.28. The summed E-state index contributed by atoms with van der Waals surface area (Å²) in [6.07, 6.45) is 1.83. The van der Waals surface area contributed by atoms with Crippen molar-refractivity contribution in [2.45, 2.75) is 26.5 Å². The molecule has 1 amide bonds. The molecule has 1 unspecified atom stereocenters. The molecule has 1 aromatic heterocycles. The quantitative estimate of drug-likeness (QED) is 0.879. The fraction of sp³-hybridized carbons (Fsp3) is 0.375. The zero-order valence-corrected chi connectivity index (χ0v) is 13.8. The van der Waals surface area contributed by atoms with Crippen LogP contribution in [-0.4, -0.2) is 29.4 Å². The Bertz CT molecular complexity index is 731. The number of rotatable bonds is 6. The summed E-state index contributed by atoms with van der Waals surface area (Å²) in [5.41, 5.74) is 2.00. The van der Waals surface area contributed by atoms with Gasteiger partial charge in [0.2, 0.25) is 0 Å². The Morgan fingerprint density at radius 2 is 2.04 bits per heavy atom. The average molecular weight is 339 g/mol. The number of aryl methyl sites for hydroxylation is 2. The highest BCUT2D eigenvalue weighted by molar-refractivity contribution is 5.95. The van der Waals surface area contributed by atoms with E-state index in [4.69, 9.17) is 4.74 Å². The first-order chi connectivity index (χ1) is 11.3. The number of ether oxygens (including phenoxy) is 2. The molecule has 1 heterocycles. The van der Waals surface area contributed by atoms with Crippen molar-refractivity contribution in [1.29, 1.82) is 0 Å². The van der Waals surface area contributed by atoms with Gasteiger partial charge in [-0.1, -0.05) is 0 Å². The van der Waals surface area contributed by atoms with Gasteiger partial charge in [0.05, 0.1) is 18.8 Å². The summed E-state index contributed by atoms with van der Waals surface area (Å²) in [7, 11) is 3.12. The predicted molar refractivity (Wildman–Crippen MR) is 83.5 cm³/mol. The third kappa shape index (κ3) is 4.01. The van der Waals surface area contributed by atoms with E-state index in [1.165, 1.54) is 25.3 Å². The summed E-state index contributed by atoms with van der Waals surface area (Å²) in [6, 6.07) is 3.78. The minimum absolute atomic E-state index is 0.0631. The number of methoxy groups -OCH3 is 1. The van der Waals surface area contributed by atoms with E-state index >= 15 is 0 Å². The van der Waals surface area contributed by atoms with Gasteiger partial charge in [0, 0.05) is 24.4 Å². The van der Waals surface area contributed by atoms with Crippen LogP contribution in [0.4, 0.5) is 8.78 Å². The lowest BCUT2D eigenvalue weighted by Gasteiger charge is -2.15. The van der Waals surface area contributed by atoms with E-state index < -0.39 is 6.61 Å². The maximum atomic E-state index is 12.4. The van der Waals surface area contributed by atoms with Crippen LogP contribution in [0.15, 0.2) is 24.4 Å². The monoisotopic (exact) mass is 339 g/mol. The van der Waals surface area contributed by atoms with Crippen LogP contribution in [0, 0.1) is 6.92 Å².